The molecule has 0 bridgehead atoms. The van der Waals surface area contributed by atoms with E-state index in [1.807, 2.05) is 0 Å². The molecule has 0 spiro atoms. The van der Waals surface area contributed by atoms with Crippen molar-refractivity contribution < 1.29 is 4.79 Å². The molecule has 0 aromatic rings. The molecular weight excluding hydrogens is 260 g/mol. The number of carbonyl (C=O) groups is 1. The minimum atomic E-state index is 0.115. The maximum atomic E-state index is 12.8. The highest BCUT2D eigenvalue weighted by molar-refractivity contribution is 5.82. The number of piperidine rings is 1. The van der Waals surface area contributed by atoms with Crippen LogP contribution in [0.2, 0.25) is 0 Å². The maximum absolute atomic E-state index is 12.8. The van der Waals surface area contributed by atoms with Crippen LogP contribution in [0.3, 0.4) is 0 Å². The van der Waals surface area contributed by atoms with Gasteiger partial charge in [0.05, 0.1) is 6.04 Å². The minimum Gasteiger partial charge on any atom is -0.341 e. The molecule has 3 nitrogen and oxygen atoms in total. The fraction of sp³-hybridized carbons (Fsp3) is 0.944. The molecule has 21 heavy (non-hydrogen) atoms. The molecule has 2 aliphatic heterocycles. The highest BCUT2D eigenvalue weighted by Gasteiger charge is 2.40. The lowest BCUT2D eigenvalue weighted by atomic mass is 9.75. The Hall–Kier alpha value is -0.570. The molecule has 2 heterocycles. The fourth-order valence-electron chi connectivity index (χ4n) is 4.70. The molecule has 2 saturated heterocycles. The van der Waals surface area contributed by atoms with E-state index in [4.69, 9.17) is 0 Å². The van der Waals surface area contributed by atoms with Crippen LogP contribution in [0.15, 0.2) is 0 Å². The van der Waals surface area contributed by atoms with E-state index >= 15 is 0 Å². The molecule has 3 unspecified atom stereocenters. The third-order valence-electron chi connectivity index (χ3n) is 6.19. The molecule has 1 aliphatic carbocycles. The number of nitrogens with zero attached hydrogens (tertiary/aromatic N) is 1. The number of rotatable bonds is 1. The number of amides is 1. The molecule has 3 fully saturated rings. The zero-order valence-corrected chi connectivity index (χ0v) is 14.0. The highest BCUT2D eigenvalue weighted by Crippen LogP contribution is 2.36. The van der Waals surface area contributed by atoms with Crippen LogP contribution in [-0.4, -0.2) is 36.0 Å². The number of likely N-dealkylation sites (tertiary alicyclic amines) is 1. The standard InChI is InChI=1S/C18H32N2O/c1-18(2,3)14-8-10-20(11-9-14)17(21)16-12-13-6-4-5-7-15(13)19-16/h13-16,19H,4-12H2,1-3H3. The molecule has 0 aromatic heterocycles. The lowest BCUT2D eigenvalue weighted by Gasteiger charge is -2.39. The average Bonchev–Trinajstić information content (AvgIpc) is 2.89. The molecular formula is C18H32N2O. The summed E-state index contributed by atoms with van der Waals surface area (Å²) in [6, 6.07) is 0.740. The summed E-state index contributed by atoms with van der Waals surface area (Å²) in [6.07, 6.45) is 8.74. The van der Waals surface area contributed by atoms with Crippen LogP contribution < -0.4 is 5.32 Å². The van der Waals surface area contributed by atoms with Gasteiger partial charge in [-0.15, -0.1) is 0 Å². The van der Waals surface area contributed by atoms with E-state index in [1.54, 1.807) is 0 Å². The smallest absolute Gasteiger partial charge is 0.239 e. The van der Waals surface area contributed by atoms with E-state index in [1.165, 1.54) is 38.5 Å². The first-order valence-corrected chi connectivity index (χ1v) is 9.00. The molecule has 3 rings (SSSR count). The second-order valence-corrected chi connectivity index (χ2v) is 8.57. The first-order valence-electron chi connectivity index (χ1n) is 9.00. The average molecular weight is 292 g/mol. The van der Waals surface area contributed by atoms with Crippen LogP contribution >= 0.6 is 0 Å². The predicted molar refractivity (Wildman–Crippen MR) is 86.0 cm³/mol. The predicted octanol–water partition coefficient (Wildman–Crippen LogP) is 3.19. The maximum Gasteiger partial charge on any atom is 0.239 e. The number of nitrogens with one attached hydrogen (secondary N) is 1. The molecule has 1 amide bonds. The summed E-state index contributed by atoms with van der Waals surface area (Å²) in [4.78, 5) is 14.9. The van der Waals surface area contributed by atoms with Gasteiger partial charge in [0.15, 0.2) is 0 Å². The first kappa shape index (κ1) is 15.3. The summed E-state index contributed by atoms with van der Waals surface area (Å²) in [5.74, 6) is 1.91. The van der Waals surface area contributed by atoms with Crippen LogP contribution in [0.4, 0.5) is 0 Å². The molecule has 3 aliphatic rings. The molecule has 120 valence electrons. The summed E-state index contributed by atoms with van der Waals surface area (Å²) in [7, 11) is 0. The zero-order valence-electron chi connectivity index (χ0n) is 14.0. The SMILES string of the molecule is CC(C)(C)C1CCN(C(=O)C2CC3CCCCC3N2)CC1. The zero-order chi connectivity index (χ0) is 15.0. The van der Waals surface area contributed by atoms with E-state index < -0.39 is 0 Å². The molecule has 0 aromatic carbocycles. The topological polar surface area (TPSA) is 32.3 Å². The highest BCUT2D eigenvalue weighted by atomic mass is 16.2. The summed E-state index contributed by atoms with van der Waals surface area (Å²) in [5.41, 5.74) is 0.385. The summed E-state index contributed by atoms with van der Waals surface area (Å²) < 4.78 is 0. The molecule has 1 N–H and O–H groups in total. The van der Waals surface area contributed by atoms with Crippen molar-refractivity contribution in [3.05, 3.63) is 0 Å². The van der Waals surface area contributed by atoms with Crippen molar-refractivity contribution in [2.24, 2.45) is 17.3 Å². The van der Waals surface area contributed by atoms with Crippen LogP contribution in [0.5, 0.6) is 0 Å². The van der Waals surface area contributed by atoms with Crippen LogP contribution in [0.25, 0.3) is 0 Å². The largest absolute Gasteiger partial charge is 0.341 e. The Balaban J connectivity index is 1.53. The number of carbonyl (C=O) groups excluding carboxylic acids is 1. The Labute approximate surface area is 129 Å². The number of hydrogen-bond donors (Lipinski definition) is 1. The van der Waals surface area contributed by atoms with Gasteiger partial charge in [-0.1, -0.05) is 33.6 Å². The summed E-state index contributed by atoms with van der Waals surface area (Å²) in [6.45, 7) is 8.93. The minimum absolute atomic E-state index is 0.115. The number of hydrogen-bond acceptors (Lipinski definition) is 2. The van der Waals surface area contributed by atoms with Gasteiger partial charge < -0.3 is 10.2 Å². The van der Waals surface area contributed by atoms with Crippen LogP contribution in [0.1, 0.15) is 65.7 Å². The van der Waals surface area contributed by atoms with E-state index in [-0.39, 0.29) is 6.04 Å². The first-order chi connectivity index (χ1) is 9.95. The van der Waals surface area contributed by atoms with E-state index in [0.29, 0.717) is 17.4 Å². The Morgan fingerprint density at radius 2 is 1.71 bits per heavy atom. The van der Waals surface area contributed by atoms with Crippen molar-refractivity contribution in [1.82, 2.24) is 10.2 Å². The van der Waals surface area contributed by atoms with Gasteiger partial charge in [-0.05, 0) is 49.4 Å². The van der Waals surface area contributed by atoms with E-state index in [0.717, 1.165) is 31.3 Å². The lowest BCUT2D eigenvalue weighted by molar-refractivity contribution is -0.135. The van der Waals surface area contributed by atoms with Gasteiger partial charge in [-0.3, -0.25) is 4.79 Å². The van der Waals surface area contributed by atoms with Crippen LogP contribution in [0, 0.1) is 17.3 Å². The second-order valence-electron chi connectivity index (χ2n) is 8.57. The number of fused-ring (bicyclic) bond motifs is 1. The lowest BCUT2D eigenvalue weighted by Crippen LogP contribution is -2.49. The van der Waals surface area contributed by atoms with Gasteiger partial charge in [0, 0.05) is 19.1 Å². The Kier molecular flexibility index (Phi) is 4.31. The van der Waals surface area contributed by atoms with E-state index in [9.17, 15) is 4.79 Å². The molecule has 3 heteroatoms. The van der Waals surface area contributed by atoms with Gasteiger partial charge >= 0.3 is 0 Å². The third kappa shape index (κ3) is 3.28. The van der Waals surface area contributed by atoms with Crippen molar-refractivity contribution in [3.63, 3.8) is 0 Å². The van der Waals surface area contributed by atoms with Gasteiger partial charge in [0.1, 0.15) is 0 Å². The van der Waals surface area contributed by atoms with Crippen molar-refractivity contribution in [2.45, 2.75) is 77.8 Å². The molecule has 1 saturated carbocycles. The summed E-state index contributed by atoms with van der Waals surface area (Å²) in [5, 5.41) is 3.64. The summed E-state index contributed by atoms with van der Waals surface area (Å²) >= 11 is 0. The van der Waals surface area contributed by atoms with Crippen molar-refractivity contribution >= 4 is 5.91 Å². The Morgan fingerprint density at radius 1 is 1.05 bits per heavy atom. The monoisotopic (exact) mass is 292 g/mol. The fourth-order valence-corrected chi connectivity index (χ4v) is 4.70. The molecule has 3 atom stereocenters. The van der Waals surface area contributed by atoms with Crippen molar-refractivity contribution in [3.8, 4) is 0 Å². The Bertz CT molecular complexity index is 365. The second kappa shape index (κ2) is 5.91. The van der Waals surface area contributed by atoms with Gasteiger partial charge in [-0.25, -0.2) is 0 Å². The van der Waals surface area contributed by atoms with Crippen LogP contribution in [-0.2, 0) is 4.79 Å². The van der Waals surface area contributed by atoms with Crippen molar-refractivity contribution in [1.29, 1.82) is 0 Å². The third-order valence-corrected chi connectivity index (χ3v) is 6.19. The normalized spacial score (nSPS) is 34.8. The van der Waals surface area contributed by atoms with Gasteiger partial charge in [0.25, 0.3) is 0 Å². The van der Waals surface area contributed by atoms with Gasteiger partial charge in [-0.2, -0.15) is 0 Å². The van der Waals surface area contributed by atoms with Gasteiger partial charge in [0.2, 0.25) is 5.91 Å². The van der Waals surface area contributed by atoms with E-state index in [2.05, 4.69) is 31.0 Å². The van der Waals surface area contributed by atoms with Crippen molar-refractivity contribution in [2.75, 3.05) is 13.1 Å². The molecule has 0 radical (unpaired) electrons. The quantitative estimate of drug-likeness (QED) is 0.805. The Morgan fingerprint density at radius 3 is 2.33 bits per heavy atom.